The molecular formula is C24H22F9NO3. The molecule has 2 aromatic carbocycles. The number of aliphatic hydroxyl groups excluding tert-OH is 1. The van der Waals surface area contributed by atoms with Gasteiger partial charge in [0.05, 0.1) is 35.1 Å². The quantitative estimate of drug-likeness (QED) is 0.402. The van der Waals surface area contributed by atoms with Crippen LogP contribution in [0.15, 0.2) is 36.4 Å². The number of anilines is 1. The van der Waals surface area contributed by atoms with E-state index in [1.807, 2.05) is 0 Å². The van der Waals surface area contributed by atoms with Crippen molar-refractivity contribution in [3.05, 3.63) is 64.2 Å². The van der Waals surface area contributed by atoms with Crippen LogP contribution in [0.2, 0.25) is 0 Å². The molecule has 37 heavy (non-hydrogen) atoms. The minimum atomic E-state index is -5.18. The summed E-state index contributed by atoms with van der Waals surface area (Å²) in [5.74, 6) is -1.36. The molecule has 204 valence electrons. The van der Waals surface area contributed by atoms with Crippen LogP contribution in [0.1, 0.15) is 66.5 Å². The van der Waals surface area contributed by atoms with Crippen LogP contribution in [0.5, 0.6) is 0 Å². The second kappa shape index (κ2) is 10.1. The van der Waals surface area contributed by atoms with Gasteiger partial charge in [0.2, 0.25) is 0 Å². The van der Waals surface area contributed by atoms with Crippen molar-refractivity contribution >= 4 is 11.8 Å². The van der Waals surface area contributed by atoms with E-state index in [2.05, 4.69) is 0 Å². The maximum absolute atomic E-state index is 13.5. The fourth-order valence-electron chi connectivity index (χ4n) is 4.44. The predicted molar refractivity (Wildman–Crippen MR) is 114 cm³/mol. The molecule has 1 amide bonds. The number of fused-ring (bicyclic) bond motifs is 1. The van der Waals surface area contributed by atoms with E-state index in [-0.39, 0.29) is 36.8 Å². The summed E-state index contributed by atoms with van der Waals surface area (Å²) in [6, 6.07) is 2.11. The standard InChI is InChI=1S/C24H22F9NO3/c1-3-16-11-18(20(35)12-7-14(23(28,29)30)9-15(8-12)24(31,32)33)17-10-13(22(25,26)27)5-6-19(17)34(16)21(36)37-4-2/h5-10,16,18,20,35H,3-4,11H2,1-2H3/t16-,18-,20+/m1/s1. The third-order valence-electron chi connectivity index (χ3n) is 6.17. The van der Waals surface area contributed by atoms with Crippen molar-refractivity contribution < 1.29 is 54.2 Å². The summed E-state index contributed by atoms with van der Waals surface area (Å²) < 4.78 is 126. The summed E-state index contributed by atoms with van der Waals surface area (Å²) in [6.45, 7) is 3.08. The molecule has 1 aliphatic heterocycles. The summed E-state index contributed by atoms with van der Waals surface area (Å²) in [6.07, 6.45) is -18.2. The van der Waals surface area contributed by atoms with Gasteiger partial charge in [0.15, 0.2) is 0 Å². The van der Waals surface area contributed by atoms with Crippen molar-refractivity contribution in [2.75, 3.05) is 11.5 Å². The van der Waals surface area contributed by atoms with Gasteiger partial charge in [0, 0.05) is 12.0 Å². The Morgan fingerprint density at radius 1 is 0.919 bits per heavy atom. The average Bonchev–Trinajstić information content (AvgIpc) is 2.80. The minimum absolute atomic E-state index is 0.0573. The van der Waals surface area contributed by atoms with Crippen molar-refractivity contribution in [2.45, 2.75) is 63.3 Å². The van der Waals surface area contributed by atoms with Gasteiger partial charge in [-0.1, -0.05) is 6.92 Å². The van der Waals surface area contributed by atoms with Gasteiger partial charge < -0.3 is 9.84 Å². The van der Waals surface area contributed by atoms with E-state index >= 15 is 0 Å². The number of carbonyl (C=O) groups excluding carboxylic acids is 1. The smallest absolute Gasteiger partial charge is 0.416 e. The van der Waals surface area contributed by atoms with Crippen LogP contribution >= 0.6 is 0 Å². The van der Waals surface area contributed by atoms with E-state index in [4.69, 9.17) is 4.74 Å². The number of nitrogens with zero attached hydrogens (tertiary/aromatic N) is 1. The monoisotopic (exact) mass is 543 g/mol. The molecule has 0 saturated carbocycles. The van der Waals surface area contributed by atoms with E-state index in [1.54, 1.807) is 6.92 Å². The van der Waals surface area contributed by atoms with Gasteiger partial charge in [-0.3, -0.25) is 4.90 Å². The molecule has 3 atom stereocenters. The lowest BCUT2D eigenvalue weighted by Crippen LogP contribution is -2.45. The minimum Gasteiger partial charge on any atom is -0.449 e. The highest BCUT2D eigenvalue weighted by Crippen LogP contribution is 2.48. The number of benzene rings is 2. The molecule has 1 aliphatic rings. The summed E-state index contributed by atoms with van der Waals surface area (Å²) in [5.41, 5.74) is -5.62. The van der Waals surface area contributed by atoms with Crippen molar-refractivity contribution in [3.63, 3.8) is 0 Å². The number of hydrogen-bond donors (Lipinski definition) is 1. The van der Waals surface area contributed by atoms with E-state index in [0.29, 0.717) is 24.3 Å². The number of carbonyl (C=O) groups is 1. The lowest BCUT2D eigenvalue weighted by molar-refractivity contribution is -0.143. The third kappa shape index (κ3) is 5.97. The molecule has 1 heterocycles. The first-order chi connectivity index (χ1) is 17.0. The van der Waals surface area contributed by atoms with Crippen LogP contribution in [-0.2, 0) is 23.3 Å². The van der Waals surface area contributed by atoms with Crippen LogP contribution in [0, 0.1) is 0 Å². The first-order valence-corrected chi connectivity index (χ1v) is 11.1. The van der Waals surface area contributed by atoms with Crippen LogP contribution in [-0.4, -0.2) is 23.8 Å². The molecule has 0 bridgehead atoms. The Labute approximate surface area is 205 Å². The topological polar surface area (TPSA) is 49.8 Å². The third-order valence-corrected chi connectivity index (χ3v) is 6.17. The van der Waals surface area contributed by atoms with Crippen LogP contribution < -0.4 is 4.90 Å². The predicted octanol–water partition coefficient (Wildman–Crippen LogP) is 7.71. The van der Waals surface area contributed by atoms with Gasteiger partial charge in [0.25, 0.3) is 0 Å². The van der Waals surface area contributed by atoms with Crippen molar-refractivity contribution in [3.8, 4) is 0 Å². The summed E-state index contributed by atoms with van der Waals surface area (Å²) in [4.78, 5) is 13.7. The maximum Gasteiger partial charge on any atom is 0.416 e. The molecule has 0 radical (unpaired) electrons. The second-order valence-electron chi connectivity index (χ2n) is 8.53. The number of amides is 1. The Bertz CT molecular complexity index is 1110. The van der Waals surface area contributed by atoms with Gasteiger partial charge in [-0.15, -0.1) is 0 Å². The Hall–Kier alpha value is -2.96. The fraction of sp³-hybridized carbons (Fsp3) is 0.458. The normalized spacial score (nSPS) is 19.4. The maximum atomic E-state index is 13.5. The van der Waals surface area contributed by atoms with Gasteiger partial charge in [-0.05, 0) is 67.3 Å². The fourth-order valence-corrected chi connectivity index (χ4v) is 4.44. The highest BCUT2D eigenvalue weighted by molar-refractivity contribution is 5.90. The van der Waals surface area contributed by atoms with Gasteiger partial charge in [-0.2, -0.15) is 39.5 Å². The number of halogens is 9. The molecule has 2 aromatic rings. The Morgan fingerprint density at radius 2 is 1.46 bits per heavy atom. The van der Waals surface area contributed by atoms with E-state index in [9.17, 15) is 49.4 Å². The Morgan fingerprint density at radius 3 is 1.92 bits per heavy atom. The molecule has 13 heteroatoms. The highest BCUT2D eigenvalue weighted by Gasteiger charge is 2.43. The Balaban J connectivity index is 2.22. The van der Waals surface area contributed by atoms with Gasteiger partial charge in [-0.25, -0.2) is 4.79 Å². The van der Waals surface area contributed by atoms with Gasteiger partial charge >= 0.3 is 24.6 Å². The molecule has 0 aromatic heterocycles. The number of hydrogen-bond acceptors (Lipinski definition) is 3. The lowest BCUT2D eigenvalue weighted by atomic mass is 9.78. The van der Waals surface area contributed by atoms with Crippen molar-refractivity contribution in [2.24, 2.45) is 0 Å². The molecular weight excluding hydrogens is 521 g/mol. The van der Waals surface area contributed by atoms with Crippen molar-refractivity contribution in [1.82, 2.24) is 0 Å². The highest BCUT2D eigenvalue weighted by atomic mass is 19.4. The lowest BCUT2D eigenvalue weighted by Gasteiger charge is -2.41. The Kier molecular flexibility index (Phi) is 7.79. The van der Waals surface area contributed by atoms with E-state index in [1.165, 1.54) is 6.92 Å². The number of aliphatic hydroxyl groups is 1. The zero-order valence-corrected chi connectivity index (χ0v) is 19.4. The molecule has 1 N–H and O–H groups in total. The summed E-state index contributed by atoms with van der Waals surface area (Å²) >= 11 is 0. The largest absolute Gasteiger partial charge is 0.449 e. The van der Waals surface area contributed by atoms with Crippen LogP contribution in [0.3, 0.4) is 0 Å². The first-order valence-electron chi connectivity index (χ1n) is 11.1. The number of ether oxygens (including phenoxy) is 1. The van der Waals surface area contributed by atoms with Gasteiger partial charge in [0.1, 0.15) is 0 Å². The molecule has 0 unspecified atom stereocenters. The molecule has 0 saturated heterocycles. The van der Waals surface area contributed by atoms with Crippen LogP contribution in [0.4, 0.5) is 50.0 Å². The van der Waals surface area contributed by atoms with E-state index in [0.717, 1.165) is 11.0 Å². The number of alkyl halides is 9. The zero-order chi connectivity index (χ0) is 27.9. The summed E-state index contributed by atoms with van der Waals surface area (Å²) in [5, 5.41) is 11.1. The zero-order valence-electron chi connectivity index (χ0n) is 19.4. The average molecular weight is 543 g/mol. The molecule has 0 spiro atoms. The first kappa shape index (κ1) is 28.6. The second-order valence-corrected chi connectivity index (χ2v) is 8.53. The molecule has 4 nitrogen and oxygen atoms in total. The van der Waals surface area contributed by atoms with Crippen molar-refractivity contribution in [1.29, 1.82) is 0 Å². The molecule has 3 rings (SSSR count). The molecule has 0 fully saturated rings. The molecule has 0 aliphatic carbocycles. The van der Waals surface area contributed by atoms with E-state index < -0.39 is 64.9 Å². The number of rotatable bonds is 4. The summed E-state index contributed by atoms with van der Waals surface area (Å²) in [7, 11) is 0. The van der Waals surface area contributed by atoms with Crippen LogP contribution in [0.25, 0.3) is 0 Å². The SMILES string of the molecule is CCOC(=O)N1c2ccc(C(F)(F)F)cc2[C@H]([C@@H](O)c2cc(C(F)(F)F)cc(C(F)(F)F)c2)C[C@H]1CC.